The number of halogens is 4. The van der Waals surface area contributed by atoms with Gasteiger partial charge in [-0.2, -0.15) is 18.3 Å². The predicted octanol–water partition coefficient (Wildman–Crippen LogP) is 6.63. The SMILES string of the molecule is Cc1nc2cc([C@H]3CCO[C@H](c4cnn(C5CC5)c4)C3)nc(-c3ccc(C(F)(F)F)cc3F)c2nc1C. The molecular formula is C27H25F4N5O. The molecule has 2 aliphatic rings. The Labute approximate surface area is 210 Å². The predicted molar refractivity (Wildman–Crippen MR) is 128 cm³/mol. The first-order valence-corrected chi connectivity index (χ1v) is 12.4. The van der Waals surface area contributed by atoms with Crippen molar-refractivity contribution < 1.29 is 22.3 Å². The van der Waals surface area contributed by atoms with Crippen molar-refractivity contribution in [3.8, 4) is 11.3 Å². The minimum atomic E-state index is -4.64. The summed E-state index contributed by atoms with van der Waals surface area (Å²) in [6.07, 6.45) is 2.73. The lowest BCUT2D eigenvalue weighted by Gasteiger charge is -2.29. The Morgan fingerprint density at radius 2 is 1.78 bits per heavy atom. The van der Waals surface area contributed by atoms with E-state index in [1.165, 1.54) is 0 Å². The highest BCUT2D eigenvalue weighted by Gasteiger charge is 2.33. The molecule has 1 aromatic carbocycles. The van der Waals surface area contributed by atoms with Gasteiger partial charge in [0.25, 0.3) is 0 Å². The fourth-order valence-corrected chi connectivity index (χ4v) is 4.89. The van der Waals surface area contributed by atoms with Crippen LogP contribution >= 0.6 is 0 Å². The maximum atomic E-state index is 15.1. The molecule has 0 spiro atoms. The average molecular weight is 512 g/mol. The number of aryl methyl sites for hydroxylation is 2. The molecule has 2 fully saturated rings. The molecule has 0 N–H and O–H groups in total. The van der Waals surface area contributed by atoms with E-state index in [4.69, 9.17) is 9.72 Å². The van der Waals surface area contributed by atoms with Gasteiger partial charge in [-0.3, -0.25) is 4.68 Å². The highest BCUT2D eigenvalue weighted by Crippen LogP contribution is 2.41. The Hall–Kier alpha value is -3.40. The van der Waals surface area contributed by atoms with Gasteiger partial charge in [0.05, 0.1) is 40.8 Å². The van der Waals surface area contributed by atoms with Crippen molar-refractivity contribution in [1.29, 1.82) is 0 Å². The number of aromatic nitrogens is 5. The van der Waals surface area contributed by atoms with E-state index < -0.39 is 17.6 Å². The van der Waals surface area contributed by atoms with Crippen molar-refractivity contribution in [3.63, 3.8) is 0 Å². The average Bonchev–Trinajstić information content (AvgIpc) is 3.60. The monoisotopic (exact) mass is 511 g/mol. The second kappa shape index (κ2) is 8.86. The van der Waals surface area contributed by atoms with Crippen LogP contribution in [0.4, 0.5) is 17.6 Å². The van der Waals surface area contributed by atoms with Gasteiger partial charge in [0.2, 0.25) is 0 Å². The Morgan fingerprint density at radius 3 is 2.51 bits per heavy atom. The first-order chi connectivity index (χ1) is 17.7. The molecule has 1 aliphatic heterocycles. The summed E-state index contributed by atoms with van der Waals surface area (Å²) in [7, 11) is 0. The van der Waals surface area contributed by atoms with Crippen molar-refractivity contribution in [2.75, 3.05) is 6.61 Å². The van der Waals surface area contributed by atoms with Gasteiger partial charge in [-0.05, 0) is 63.8 Å². The van der Waals surface area contributed by atoms with Crippen molar-refractivity contribution in [2.45, 2.75) is 63.8 Å². The van der Waals surface area contributed by atoms with Gasteiger partial charge < -0.3 is 4.74 Å². The van der Waals surface area contributed by atoms with E-state index >= 15 is 4.39 Å². The highest BCUT2D eigenvalue weighted by molar-refractivity contribution is 5.90. The van der Waals surface area contributed by atoms with Gasteiger partial charge in [-0.1, -0.05) is 0 Å². The maximum absolute atomic E-state index is 15.1. The summed E-state index contributed by atoms with van der Waals surface area (Å²) in [5.74, 6) is -1.01. The molecule has 0 radical (unpaired) electrons. The standard InChI is InChI=1S/C27H25F4N5O/c1-14-15(2)34-26-23(33-14)11-22(35-25(26)20-6-3-18(10-21(20)28)27(29,30)31)16-7-8-37-24(9-16)17-12-32-36(13-17)19-4-5-19/h3,6,10-13,16,19,24H,4-5,7-9H2,1-2H3/t16-,24-/m0/s1. The van der Waals surface area contributed by atoms with E-state index in [-0.39, 0.29) is 23.3 Å². The number of nitrogens with zero attached hydrogens (tertiary/aromatic N) is 5. The summed E-state index contributed by atoms with van der Waals surface area (Å²) in [6, 6.07) is 4.84. The first kappa shape index (κ1) is 24.0. The molecule has 4 heterocycles. The van der Waals surface area contributed by atoms with E-state index in [9.17, 15) is 13.2 Å². The molecule has 4 aromatic rings. The number of hydrogen-bond acceptors (Lipinski definition) is 5. The van der Waals surface area contributed by atoms with Crippen LogP contribution < -0.4 is 0 Å². The molecule has 192 valence electrons. The van der Waals surface area contributed by atoms with Crippen LogP contribution in [0.1, 0.15) is 72.0 Å². The summed E-state index contributed by atoms with van der Waals surface area (Å²) in [4.78, 5) is 14.0. The molecule has 1 saturated carbocycles. The highest BCUT2D eigenvalue weighted by atomic mass is 19.4. The number of benzene rings is 1. The third-order valence-corrected chi connectivity index (χ3v) is 7.25. The van der Waals surface area contributed by atoms with Gasteiger partial charge in [0.1, 0.15) is 17.0 Å². The second-order valence-electron chi connectivity index (χ2n) is 9.92. The smallest absolute Gasteiger partial charge is 0.373 e. The Kier molecular flexibility index (Phi) is 5.74. The normalized spacial score (nSPS) is 20.5. The summed E-state index contributed by atoms with van der Waals surface area (Å²) < 4.78 is 62.6. The van der Waals surface area contributed by atoms with Crippen molar-refractivity contribution in [1.82, 2.24) is 24.7 Å². The Balaban J connectivity index is 1.41. The van der Waals surface area contributed by atoms with Gasteiger partial charge in [-0.25, -0.2) is 19.3 Å². The van der Waals surface area contributed by atoms with Crippen LogP contribution in [0.15, 0.2) is 36.7 Å². The van der Waals surface area contributed by atoms with Gasteiger partial charge in [0.15, 0.2) is 0 Å². The lowest BCUT2D eigenvalue weighted by Crippen LogP contribution is -2.19. The third kappa shape index (κ3) is 4.58. The van der Waals surface area contributed by atoms with Crippen molar-refractivity contribution in [3.05, 3.63) is 70.7 Å². The summed E-state index contributed by atoms with van der Waals surface area (Å²) in [6.45, 7) is 4.14. The molecule has 37 heavy (non-hydrogen) atoms. The molecule has 6 rings (SSSR count). The molecular weight excluding hydrogens is 486 g/mol. The van der Waals surface area contributed by atoms with Gasteiger partial charge in [-0.15, -0.1) is 0 Å². The van der Waals surface area contributed by atoms with Crippen LogP contribution in [0.2, 0.25) is 0 Å². The number of rotatable bonds is 4. The minimum Gasteiger partial charge on any atom is -0.373 e. The lowest BCUT2D eigenvalue weighted by atomic mass is 9.89. The van der Waals surface area contributed by atoms with E-state index in [1.54, 1.807) is 6.92 Å². The van der Waals surface area contributed by atoms with Crippen LogP contribution in [0.25, 0.3) is 22.3 Å². The minimum absolute atomic E-state index is 0.00732. The zero-order chi connectivity index (χ0) is 25.9. The largest absolute Gasteiger partial charge is 0.416 e. The van der Waals surface area contributed by atoms with E-state index in [2.05, 4.69) is 15.1 Å². The fraction of sp³-hybridized carbons (Fsp3) is 0.407. The third-order valence-electron chi connectivity index (χ3n) is 7.25. The zero-order valence-corrected chi connectivity index (χ0v) is 20.4. The molecule has 6 nitrogen and oxygen atoms in total. The number of hydrogen-bond donors (Lipinski definition) is 0. The van der Waals surface area contributed by atoms with Crippen LogP contribution in [0.5, 0.6) is 0 Å². The fourth-order valence-electron chi connectivity index (χ4n) is 4.89. The van der Waals surface area contributed by atoms with Crippen LogP contribution in [0, 0.1) is 19.7 Å². The molecule has 1 aliphatic carbocycles. The van der Waals surface area contributed by atoms with Gasteiger partial charge >= 0.3 is 6.18 Å². The van der Waals surface area contributed by atoms with E-state index in [0.29, 0.717) is 54.0 Å². The van der Waals surface area contributed by atoms with Crippen LogP contribution in [-0.2, 0) is 10.9 Å². The molecule has 3 aromatic heterocycles. The summed E-state index contributed by atoms with van der Waals surface area (Å²) in [5, 5.41) is 4.48. The topological polar surface area (TPSA) is 65.7 Å². The van der Waals surface area contributed by atoms with Gasteiger partial charge in [0, 0.05) is 35.5 Å². The maximum Gasteiger partial charge on any atom is 0.416 e. The lowest BCUT2D eigenvalue weighted by molar-refractivity contribution is -0.137. The molecule has 10 heteroatoms. The second-order valence-corrected chi connectivity index (χ2v) is 9.92. The summed E-state index contributed by atoms with van der Waals surface area (Å²) >= 11 is 0. The number of ether oxygens (including phenoxy) is 1. The Bertz CT molecular complexity index is 1490. The quantitative estimate of drug-likeness (QED) is 0.288. The van der Waals surface area contributed by atoms with Crippen LogP contribution in [0.3, 0.4) is 0 Å². The van der Waals surface area contributed by atoms with E-state index in [0.717, 1.165) is 36.2 Å². The number of alkyl halides is 3. The number of pyridine rings is 1. The van der Waals surface area contributed by atoms with Crippen LogP contribution in [-0.4, -0.2) is 31.3 Å². The molecule has 2 atom stereocenters. The number of fused-ring (bicyclic) bond motifs is 1. The molecule has 1 saturated heterocycles. The molecule has 0 amide bonds. The van der Waals surface area contributed by atoms with Crippen molar-refractivity contribution in [2.24, 2.45) is 0 Å². The first-order valence-electron chi connectivity index (χ1n) is 12.4. The zero-order valence-electron chi connectivity index (χ0n) is 20.4. The molecule has 0 unspecified atom stereocenters. The molecule has 0 bridgehead atoms. The van der Waals surface area contributed by atoms with E-state index in [1.807, 2.05) is 30.1 Å². The van der Waals surface area contributed by atoms with Crippen molar-refractivity contribution >= 4 is 11.0 Å². The summed E-state index contributed by atoms with van der Waals surface area (Å²) in [5.41, 5.74) is 3.08. The Morgan fingerprint density at radius 1 is 1.00 bits per heavy atom.